The first-order chi connectivity index (χ1) is 8.22. The Morgan fingerprint density at radius 1 is 1.59 bits per heavy atom. The fraction of sp³-hybridized carbons (Fsp3) is 0.167. The Balaban J connectivity index is 2.69. The average molecular weight is 231 g/mol. The first-order valence-corrected chi connectivity index (χ1v) is 4.95. The zero-order valence-corrected chi connectivity index (χ0v) is 9.43. The zero-order valence-electron chi connectivity index (χ0n) is 9.43. The number of benzene rings is 1. The van der Waals surface area contributed by atoms with Crippen molar-refractivity contribution in [3.8, 4) is 6.07 Å². The summed E-state index contributed by atoms with van der Waals surface area (Å²) in [6.45, 7) is 0.253. The van der Waals surface area contributed by atoms with Gasteiger partial charge in [-0.15, -0.1) is 0 Å². The zero-order chi connectivity index (χ0) is 12.7. The number of methoxy groups -OCH3 is 1. The van der Waals surface area contributed by atoms with Gasteiger partial charge in [-0.25, -0.2) is 0 Å². The van der Waals surface area contributed by atoms with Crippen molar-refractivity contribution >= 4 is 5.91 Å². The number of ether oxygens (including phenoxy) is 1. The van der Waals surface area contributed by atoms with Gasteiger partial charge in [0.2, 0.25) is 0 Å². The summed E-state index contributed by atoms with van der Waals surface area (Å²) in [6, 6.07) is 9.09. The van der Waals surface area contributed by atoms with Crippen LogP contribution < -0.4 is 11.1 Å². The van der Waals surface area contributed by atoms with Gasteiger partial charge >= 0.3 is 0 Å². The summed E-state index contributed by atoms with van der Waals surface area (Å²) < 4.78 is 4.77. The number of rotatable bonds is 4. The first kappa shape index (κ1) is 12.6. The van der Waals surface area contributed by atoms with Crippen LogP contribution in [0.25, 0.3) is 0 Å². The van der Waals surface area contributed by atoms with Gasteiger partial charge in [0.15, 0.2) is 5.76 Å². The normalized spacial score (nSPS) is 10.5. The van der Waals surface area contributed by atoms with Crippen LogP contribution in [-0.2, 0) is 16.1 Å². The summed E-state index contributed by atoms with van der Waals surface area (Å²) >= 11 is 0. The van der Waals surface area contributed by atoms with E-state index in [0.717, 1.165) is 11.8 Å². The van der Waals surface area contributed by atoms with Gasteiger partial charge in [0.25, 0.3) is 5.91 Å². The lowest BCUT2D eigenvalue weighted by Gasteiger charge is -2.08. The SMILES string of the molecule is CO/C(=C/N)C(=O)NCc1ccccc1C#N. The van der Waals surface area contributed by atoms with Gasteiger partial charge in [-0.2, -0.15) is 5.26 Å². The van der Waals surface area contributed by atoms with Crippen molar-refractivity contribution in [2.45, 2.75) is 6.54 Å². The molecule has 3 N–H and O–H groups in total. The van der Waals surface area contributed by atoms with E-state index in [2.05, 4.69) is 11.4 Å². The number of carbonyl (C=O) groups is 1. The van der Waals surface area contributed by atoms with Crippen LogP contribution in [0.3, 0.4) is 0 Å². The molecule has 1 rings (SSSR count). The molecule has 1 amide bonds. The van der Waals surface area contributed by atoms with Crippen LogP contribution in [0.4, 0.5) is 0 Å². The molecule has 0 aliphatic heterocycles. The largest absolute Gasteiger partial charge is 0.490 e. The van der Waals surface area contributed by atoms with Crippen LogP contribution >= 0.6 is 0 Å². The lowest BCUT2D eigenvalue weighted by molar-refractivity contribution is -0.120. The monoisotopic (exact) mass is 231 g/mol. The molecule has 0 heterocycles. The Morgan fingerprint density at radius 3 is 2.88 bits per heavy atom. The van der Waals surface area contributed by atoms with E-state index in [1.807, 2.05) is 0 Å². The molecule has 0 spiro atoms. The number of amides is 1. The lowest BCUT2D eigenvalue weighted by Crippen LogP contribution is -2.26. The third kappa shape index (κ3) is 3.24. The molecule has 88 valence electrons. The quantitative estimate of drug-likeness (QED) is 0.587. The third-order valence-electron chi connectivity index (χ3n) is 2.17. The molecule has 0 fully saturated rings. The van der Waals surface area contributed by atoms with Crippen molar-refractivity contribution in [2.24, 2.45) is 5.73 Å². The third-order valence-corrected chi connectivity index (χ3v) is 2.17. The molecular weight excluding hydrogens is 218 g/mol. The standard InChI is InChI=1S/C12H13N3O2/c1-17-11(7-14)12(16)15-8-10-5-3-2-4-9(10)6-13/h2-5,7H,8,14H2,1H3,(H,15,16)/b11-7+. The minimum atomic E-state index is -0.414. The van der Waals surface area contributed by atoms with Gasteiger partial charge in [0.05, 0.1) is 18.7 Å². The van der Waals surface area contributed by atoms with E-state index >= 15 is 0 Å². The molecule has 0 aliphatic rings. The molecule has 17 heavy (non-hydrogen) atoms. The molecule has 0 aromatic heterocycles. The topological polar surface area (TPSA) is 88.1 Å². The van der Waals surface area contributed by atoms with Crippen molar-refractivity contribution in [1.29, 1.82) is 5.26 Å². The maximum atomic E-state index is 11.5. The smallest absolute Gasteiger partial charge is 0.288 e. The van der Waals surface area contributed by atoms with E-state index in [1.54, 1.807) is 24.3 Å². The highest BCUT2D eigenvalue weighted by Gasteiger charge is 2.09. The van der Waals surface area contributed by atoms with E-state index in [0.29, 0.717) is 5.56 Å². The number of nitrogens with one attached hydrogen (secondary N) is 1. The lowest BCUT2D eigenvalue weighted by atomic mass is 10.1. The Bertz CT molecular complexity index is 475. The molecule has 5 nitrogen and oxygen atoms in total. The number of nitrogens with two attached hydrogens (primary N) is 1. The second-order valence-electron chi connectivity index (χ2n) is 3.19. The van der Waals surface area contributed by atoms with Crippen LogP contribution in [0.2, 0.25) is 0 Å². The van der Waals surface area contributed by atoms with E-state index in [4.69, 9.17) is 15.7 Å². The van der Waals surface area contributed by atoms with Gasteiger partial charge < -0.3 is 15.8 Å². The maximum Gasteiger partial charge on any atom is 0.288 e. The summed E-state index contributed by atoms with van der Waals surface area (Å²) in [6.07, 6.45) is 1.09. The highest BCUT2D eigenvalue weighted by molar-refractivity contribution is 5.91. The summed E-state index contributed by atoms with van der Waals surface area (Å²) in [4.78, 5) is 11.5. The second kappa shape index (κ2) is 6.18. The molecule has 1 aromatic rings. The van der Waals surface area contributed by atoms with Crippen molar-refractivity contribution in [2.75, 3.05) is 7.11 Å². The van der Waals surface area contributed by atoms with Crippen molar-refractivity contribution in [3.05, 3.63) is 47.4 Å². The summed E-state index contributed by atoms with van der Waals surface area (Å²) in [5.74, 6) is -0.373. The fourth-order valence-electron chi connectivity index (χ4n) is 1.28. The van der Waals surface area contributed by atoms with Crippen molar-refractivity contribution in [3.63, 3.8) is 0 Å². The van der Waals surface area contributed by atoms with Crippen LogP contribution in [0.1, 0.15) is 11.1 Å². The van der Waals surface area contributed by atoms with Crippen LogP contribution in [0, 0.1) is 11.3 Å². The van der Waals surface area contributed by atoms with Crippen LogP contribution in [-0.4, -0.2) is 13.0 Å². The van der Waals surface area contributed by atoms with Gasteiger partial charge in [0.1, 0.15) is 0 Å². The molecular formula is C12H13N3O2. The van der Waals surface area contributed by atoms with Gasteiger partial charge in [0, 0.05) is 12.7 Å². The Morgan fingerprint density at radius 2 is 2.29 bits per heavy atom. The van der Waals surface area contributed by atoms with E-state index in [-0.39, 0.29) is 12.3 Å². The summed E-state index contributed by atoms with van der Waals surface area (Å²) in [5, 5.41) is 11.5. The number of hydrogen-bond acceptors (Lipinski definition) is 4. The number of nitriles is 1. The second-order valence-corrected chi connectivity index (χ2v) is 3.19. The fourth-order valence-corrected chi connectivity index (χ4v) is 1.28. The minimum absolute atomic E-state index is 0.0411. The Hall–Kier alpha value is -2.48. The van der Waals surface area contributed by atoms with E-state index < -0.39 is 5.91 Å². The van der Waals surface area contributed by atoms with Gasteiger partial charge in [-0.05, 0) is 11.6 Å². The predicted octanol–water partition coefficient (Wildman–Crippen LogP) is 0.621. The number of hydrogen-bond donors (Lipinski definition) is 2. The summed E-state index contributed by atoms with van der Waals surface area (Å²) in [7, 11) is 1.36. The molecule has 0 saturated heterocycles. The molecule has 5 heteroatoms. The first-order valence-electron chi connectivity index (χ1n) is 4.95. The Kier molecular flexibility index (Phi) is 4.58. The maximum absolute atomic E-state index is 11.5. The molecule has 0 bridgehead atoms. The highest BCUT2D eigenvalue weighted by Crippen LogP contribution is 2.07. The van der Waals surface area contributed by atoms with Crippen molar-refractivity contribution in [1.82, 2.24) is 5.32 Å². The number of carbonyl (C=O) groups excluding carboxylic acids is 1. The van der Waals surface area contributed by atoms with E-state index in [1.165, 1.54) is 7.11 Å². The molecule has 0 atom stereocenters. The predicted molar refractivity (Wildman–Crippen MR) is 62.3 cm³/mol. The molecule has 0 radical (unpaired) electrons. The van der Waals surface area contributed by atoms with Gasteiger partial charge in [-0.3, -0.25) is 4.79 Å². The van der Waals surface area contributed by atoms with Crippen LogP contribution in [0.5, 0.6) is 0 Å². The Labute approximate surface area is 99.5 Å². The average Bonchev–Trinajstić information content (AvgIpc) is 2.38. The summed E-state index contributed by atoms with van der Waals surface area (Å²) in [5.41, 5.74) is 6.49. The minimum Gasteiger partial charge on any atom is -0.490 e. The van der Waals surface area contributed by atoms with E-state index in [9.17, 15) is 4.79 Å². The molecule has 0 saturated carbocycles. The molecule has 0 unspecified atom stereocenters. The number of nitrogens with zero attached hydrogens (tertiary/aromatic N) is 1. The van der Waals surface area contributed by atoms with Crippen LogP contribution in [0.15, 0.2) is 36.2 Å². The van der Waals surface area contributed by atoms with Gasteiger partial charge in [-0.1, -0.05) is 18.2 Å². The molecule has 0 aliphatic carbocycles. The molecule has 1 aromatic carbocycles. The highest BCUT2D eigenvalue weighted by atomic mass is 16.5. The van der Waals surface area contributed by atoms with Crippen molar-refractivity contribution < 1.29 is 9.53 Å².